The summed E-state index contributed by atoms with van der Waals surface area (Å²) in [6.07, 6.45) is 5.07. The van der Waals surface area contributed by atoms with Crippen molar-refractivity contribution in [1.29, 1.82) is 0 Å². The van der Waals surface area contributed by atoms with E-state index in [0.29, 0.717) is 42.2 Å². The molecule has 2 bridgehead atoms. The van der Waals surface area contributed by atoms with Crippen molar-refractivity contribution in [3.8, 4) is 11.5 Å². The maximum absolute atomic E-state index is 12.9. The van der Waals surface area contributed by atoms with E-state index in [4.69, 9.17) is 9.47 Å². The number of carbonyl (C=O) groups is 1. The Morgan fingerprint density at radius 1 is 1.03 bits per heavy atom. The zero-order chi connectivity index (χ0) is 23.0. The molecule has 0 saturated heterocycles. The Kier molecular flexibility index (Phi) is 6.05. The highest BCUT2D eigenvalue weighted by Crippen LogP contribution is 2.49. The summed E-state index contributed by atoms with van der Waals surface area (Å²) in [5, 5.41) is 2.83. The van der Waals surface area contributed by atoms with E-state index in [1.807, 2.05) is 19.1 Å². The number of rotatable bonds is 7. The first kappa shape index (κ1) is 22.2. The van der Waals surface area contributed by atoms with Crippen LogP contribution >= 0.6 is 0 Å². The number of sulfonamides is 1. The lowest BCUT2D eigenvalue weighted by molar-refractivity contribution is -0.115. The number of hydrogen-bond donors (Lipinski definition) is 2. The summed E-state index contributed by atoms with van der Waals surface area (Å²) in [5.74, 6) is 3.00. The van der Waals surface area contributed by atoms with Gasteiger partial charge in [-0.15, -0.1) is 0 Å². The largest absolute Gasteiger partial charge is 0.486 e. The molecule has 2 aliphatic carbocycles. The van der Waals surface area contributed by atoms with Crippen LogP contribution in [0.1, 0.15) is 38.2 Å². The lowest BCUT2D eigenvalue weighted by Gasteiger charge is -2.28. The van der Waals surface area contributed by atoms with Gasteiger partial charge in [0.15, 0.2) is 11.5 Å². The van der Waals surface area contributed by atoms with Crippen molar-refractivity contribution in [3.63, 3.8) is 0 Å². The third-order valence-corrected chi connectivity index (χ3v) is 8.77. The van der Waals surface area contributed by atoms with Gasteiger partial charge in [0.1, 0.15) is 13.2 Å². The van der Waals surface area contributed by atoms with E-state index < -0.39 is 10.0 Å². The van der Waals surface area contributed by atoms with E-state index in [1.165, 1.54) is 31.4 Å². The lowest BCUT2D eigenvalue weighted by atomic mass is 9.84. The van der Waals surface area contributed by atoms with Gasteiger partial charge in [0, 0.05) is 11.7 Å². The summed E-state index contributed by atoms with van der Waals surface area (Å²) < 4.78 is 39.7. The number of anilines is 1. The summed E-state index contributed by atoms with van der Waals surface area (Å²) in [7, 11) is -3.60. The summed E-state index contributed by atoms with van der Waals surface area (Å²) in [5.41, 5.74) is 1.37. The van der Waals surface area contributed by atoms with Gasteiger partial charge in [-0.2, -0.15) is 0 Å². The van der Waals surface area contributed by atoms with Crippen molar-refractivity contribution < 1.29 is 22.7 Å². The van der Waals surface area contributed by atoms with Crippen LogP contribution < -0.4 is 19.5 Å². The molecule has 8 heteroatoms. The van der Waals surface area contributed by atoms with Crippen molar-refractivity contribution in [3.05, 3.63) is 48.0 Å². The van der Waals surface area contributed by atoms with Crippen LogP contribution in [-0.4, -0.2) is 33.6 Å². The molecule has 2 fully saturated rings. The fourth-order valence-electron chi connectivity index (χ4n) is 5.61. The molecule has 0 radical (unpaired) electrons. The van der Waals surface area contributed by atoms with E-state index in [0.717, 1.165) is 17.9 Å². The zero-order valence-corrected chi connectivity index (χ0v) is 19.6. The SMILES string of the molecule is CC(NS(=O)(=O)c1ccc(NC(=O)Cc2ccc3c(c2)OCCO3)cc1)C1CC2CCC1C2. The average molecular weight is 471 g/mol. The highest BCUT2D eigenvalue weighted by atomic mass is 32.2. The van der Waals surface area contributed by atoms with Crippen molar-refractivity contribution in [2.45, 2.75) is 50.0 Å². The van der Waals surface area contributed by atoms with Gasteiger partial charge >= 0.3 is 0 Å². The smallest absolute Gasteiger partial charge is 0.240 e. The lowest BCUT2D eigenvalue weighted by Crippen LogP contribution is -2.40. The van der Waals surface area contributed by atoms with Crippen LogP contribution in [0.15, 0.2) is 47.4 Å². The van der Waals surface area contributed by atoms with Crippen LogP contribution in [0, 0.1) is 17.8 Å². The topological polar surface area (TPSA) is 93.7 Å². The average Bonchev–Trinajstić information content (AvgIpc) is 3.43. The highest BCUT2D eigenvalue weighted by Gasteiger charge is 2.42. The molecule has 2 saturated carbocycles. The third kappa shape index (κ3) is 4.87. The van der Waals surface area contributed by atoms with Gasteiger partial charge in [-0.05, 0) is 85.9 Å². The monoisotopic (exact) mass is 470 g/mol. The molecular formula is C25H30N2O5S. The maximum Gasteiger partial charge on any atom is 0.240 e. The Morgan fingerprint density at radius 3 is 2.48 bits per heavy atom. The fourth-order valence-corrected chi connectivity index (χ4v) is 6.91. The van der Waals surface area contributed by atoms with Crippen LogP contribution in [-0.2, 0) is 21.2 Å². The predicted octanol–water partition coefficient (Wildman–Crippen LogP) is 3.74. The van der Waals surface area contributed by atoms with Crippen LogP contribution in [0.3, 0.4) is 0 Å². The summed E-state index contributed by atoms with van der Waals surface area (Å²) in [4.78, 5) is 12.7. The molecule has 176 valence electrons. The summed E-state index contributed by atoms with van der Waals surface area (Å²) >= 11 is 0. The number of carbonyl (C=O) groups excluding carboxylic acids is 1. The van der Waals surface area contributed by atoms with Crippen LogP contribution in [0.4, 0.5) is 5.69 Å². The molecule has 1 aliphatic heterocycles. The van der Waals surface area contributed by atoms with E-state index >= 15 is 0 Å². The molecule has 4 atom stereocenters. The van der Waals surface area contributed by atoms with Crippen LogP contribution in [0.5, 0.6) is 11.5 Å². The molecule has 5 rings (SSSR count). The van der Waals surface area contributed by atoms with Crippen molar-refractivity contribution in [2.24, 2.45) is 17.8 Å². The third-order valence-electron chi connectivity index (χ3n) is 7.20. The molecule has 0 aromatic heterocycles. The number of amides is 1. The number of ether oxygens (including phenoxy) is 2. The molecule has 4 unspecified atom stereocenters. The van der Waals surface area contributed by atoms with Gasteiger partial charge in [0.2, 0.25) is 15.9 Å². The fraction of sp³-hybridized carbons (Fsp3) is 0.480. The first-order valence-corrected chi connectivity index (χ1v) is 13.2. The minimum Gasteiger partial charge on any atom is -0.486 e. The molecule has 0 spiro atoms. The van der Waals surface area contributed by atoms with Crippen molar-refractivity contribution >= 4 is 21.6 Å². The first-order chi connectivity index (χ1) is 15.9. The van der Waals surface area contributed by atoms with E-state index in [2.05, 4.69) is 10.0 Å². The Hall–Kier alpha value is -2.58. The number of benzene rings is 2. The first-order valence-electron chi connectivity index (χ1n) is 11.7. The normalized spacial score (nSPS) is 24.5. The zero-order valence-electron chi connectivity index (χ0n) is 18.8. The summed E-state index contributed by atoms with van der Waals surface area (Å²) in [6, 6.07) is 11.7. The molecule has 2 aromatic carbocycles. The Morgan fingerprint density at radius 2 is 1.79 bits per heavy atom. The van der Waals surface area contributed by atoms with Gasteiger partial charge in [0.25, 0.3) is 0 Å². The molecule has 2 N–H and O–H groups in total. The van der Waals surface area contributed by atoms with Crippen LogP contribution in [0.2, 0.25) is 0 Å². The van der Waals surface area contributed by atoms with Gasteiger partial charge in [-0.3, -0.25) is 4.79 Å². The van der Waals surface area contributed by atoms with Crippen LogP contribution in [0.25, 0.3) is 0 Å². The van der Waals surface area contributed by atoms with Gasteiger partial charge in [-0.25, -0.2) is 13.1 Å². The Labute approximate surface area is 194 Å². The Bertz CT molecular complexity index is 1130. The molecule has 2 aromatic rings. The molecule has 7 nitrogen and oxygen atoms in total. The standard InChI is InChI=1S/C25H30N2O5S/c1-16(22-13-17-2-4-19(22)12-17)27-33(29,30)21-7-5-20(6-8-21)26-25(28)15-18-3-9-23-24(14-18)32-11-10-31-23/h3,5-9,14,16-17,19,22,27H,2,4,10-13,15H2,1H3,(H,26,28). The maximum atomic E-state index is 12.9. The second kappa shape index (κ2) is 8.99. The minimum atomic E-state index is -3.60. The van der Waals surface area contributed by atoms with Crippen molar-refractivity contribution in [2.75, 3.05) is 18.5 Å². The van der Waals surface area contributed by atoms with Gasteiger partial charge in [-0.1, -0.05) is 12.5 Å². The van der Waals surface area contributed by atoms with E-state index in [9.17, 15) is 13.2 Å². The number of nitrogens with one attached hydrogen (secondary N) is 2. The molecule has 33 heavy (non-hydrogen) atoms. The van der Waals surface area contributed by atoms with Gasteiger partial charge in [0.05, 0.1) is 11.3 Å². The molecule has 1 heterocycles. The van der Waals surface area contributed by atoms with E-state index in [1.54, 1.807) is 18.2 Å². The second-order valence-corrected chi connectivity index (χ2v) is 11.2. The van der Waals surface area contributed by atoms with E-state index in [-0.39, 0.29) is 23.3 Å². The molecular weight excluding hydrogens is 440 g/mol. The minimum absolute atomic E-state index is 0.0734. The quantitative estimate of drug-likeness (QED) is 0.643. The number of hydrogen-bond acceptors (Lipinski definition) is 5. The predicted molar refractivity (Wildman–Crippen MR) is 125 cm³/mol. The van der Waals surface area contributed by atoms with Crippen molar-refractivity contribution in [1.82, 2.24) is 4.72 Å². The van der Waals surface area contributed by atoms with Gasteiger partial charge < -0.3 is 14.8 Å². The second-order valence-electron chi connectivity index (χ2n) is 9.48. The Balaban J connectivity index is 1.18. The molecule has 1 amide bonds. The highest BCUT2D eigenvalue weighted by molar-refractivity contribution is 7.89. The molecule has 3 aliphatic rings. The summed E-state index contributed by atoms with van der Waals surface area (Å²) in [6.45, 7) is 3.00. The number of fused-ring (bicyclic) bond motifs is 3.